The number of benzene rings is 2. The van der Waals surface area contributed by atoms with Gasteiger partial charge in [-0.25, -0.2) is 14.2 Å². The van der Waals surface area contributed by atoms with Crippen LogP contribution in [0.5, 0.6) is 5.75 Å². The van der Waals surface area contributed by atoms with Gasteiger partial charge in [-0.2, -0.15) is 8.42 Å². The van der Waals surface area contributed by atoms with Gasteiger partial charge in [0, 0.05) is 10.9 Å². The minimum atomic E-state index is -4.05. The Morgan fingerprint density at radius 2 is 2.00 bits per heavy atom. The minimum absolute atomic E-state index is 0.0444. The Morgan fingerprint density at radius 1 is 1.23 bits per heavy atom. The van der Waals surface area contributed by atoms with Gasteiger partial charge in [0.2, 0.25) is 0 Å². The summed E-state index contributed by atoms with van der Waals surface area (Å²) in [4.78, 5) is 15.1. The van der Waals surface area contributed by atoms with Gasteiger partial charge in [0.25, 0.3) is 10.0 Å². The van der Waals surface area contributed by atoms with Gasteiger partial charge in [0.1, 0.15) is 11.6 Å². The monoisotopic (exact) mass is 446 g/mol. The van der Waals surface area contributed by atoms with E-state index in [1.807, 2.05) is 0 Å². The van der Waals surface area contributed by atoms with Crippen LogP contribution in [0.15, 0.2) is 46.8 Å². The number of aryl methyl sites for hydroxylation is 1. The summed E-state index contributed by atoms with van der Waals surface area (Å²) in [5, 5.41) is 10.4. The van der Waals surface area contributed by atoms with Crippen LogP contribution >= 0.6 is 11.3 Å². The summed E-state index contributed by atoms with van der Waals surface area (Å²) >= 11 is 1.04. The number of aromatic nitrogens is 1. The van der Waals surface area contributed by atoms with E-state index in [0.29, 0.717) is 11.1 Å². The average molecular weight is 446 g/mol. The predicted octanol–water partition coefficient (Wildman–Crippen LogP) is 3.50. The summed E-state index contributed by atoms with van der Waals surface area (Å²) in [6.45, 7) is 1.62. The molecule has 3 rings (SSSR count). The number of carboxylic acids is 1. The SMILES string of the molecule is COc1cc(C(=O)O)ccc1NS(=O)(=O)c1csc(C#Cc2ccc(F)c(C)c2)n1. The first-order chi connectivity index (χ1) is 14.2. The summed E-state index contributed by atoms with van der Waals surface area (Å²) < 4.78 is 46.0. The van der Waals surface area contributed by atoms with Gasteiger partial charge in [-0.05, 0) is 54.8 Å². The molecule has 0 atom stereocenters. The molecule has 2 N–H and O–H groups in total. The number of anilines is 1. The summed E-state index contributed by atoms with van der Waals surface area (Å²) in [6.07, 6.45) is 0. The van der Waals surface area contributed by atoms with E-state index in [2.05, 4.69) is 21.5 Å². The Bertz CT molecular complexity index is 1290. The van der Waals surface area contributed by atoms with Gasteiger partial charge < -0.3 is 9.84 Å². The van der Waals surface area contributed by atoms with E-state index in [0.717, 1.165) is 11.3 Å². The van der Waals surface area contributed by atoms with Crippen molar-refractivity contribution in [2.45, 2.75) is 11.9 Å². The standard InChI is InChI=1S/C20H15FN2O5S2/c1-12-9-13(3-6-15(12)21)4-8-18-22-19(11-29-18)30(26,27)23-16-7-5-14(20(24)25)10-17(16)28-2/h3,5-7,9-11,23H,1-2H3,(H,24,25). The van der Waals surface area contributed by atoms with Crippen molar-refractivity contribution in [2.24, 2.45) is 0 Å². The molecule has 1 heterocycles. The van der Waals surface area contributed by atoms with E-state index in [1.54, 1.807) is 13.0 Å². The fourth-order valence-electron chi connectivity index (χ4n) is 2.39. The lowest BCUT2D eigenvalue weighted by Gasteiger charge is -2.11. The molecule has 2 aromatic carbocycles. The second kappa shape index (κ2) is 8.52. The first-order valence-corrected chi connectivity index (χ1v) is 10.7. The second-order valence-electron chi connectivity index (χ2n) is 6.03. The Hall–Kier alpha value is -3.42. The van der Waals surface area contributed by atoms with Crippen molar-refractivity contribution in [3.05, 3.63) is 69.3 Å². The average Bonchev–Trinajstić information content (AvgIpc) is 3.19. The quantitative estimate of drug-likeness (QED) is 0.581. The zero-order valence-electron chi connectivity index (χ0n) is 15.8. The normalized spacial score (nSPS) is 10.8. The number of halogens is 1. The smallest absolute Gasteiger partial charge is 0.335 e. The maximum absolute atomic E-state index is 13.3. The Balaban J connectivity index is 1.83. The number of carboxylic acid groups (broad SMARTS) is 1. The molecule has 0 amide bonds. The van der Waals surface area contributed by atoms with Crippen molar-refractivity contribution in [2.75, 3.05) is 11.8 Å². The largest absolute Gasteiger partial charge is 0.495 e. The molecule has 3 aromatic rings. The first-order valence-electron chi connectivity index (χ1n) is 8.37. The van der Waals surface area contributed by atoms with Crippen LogP contribution in [0.25, 0.3) is 0 Å². The highest BCUT2D eigenvalue weighted by molar-refractivity contribution is 7.92. The van der Waals surface area contributed by atoms with Gasteiger partial charge in [0.15, 0.2) is 10.0 Å². The van der Waals surface area contributed by atoms with E-state index < -0.39 is 16.0 Å². The molecule has 154 valence electrons. The number of nitrogens with zero attached hydrogens (tertiary/aromatic N) is 1. The number of rotatable bonds is 5. The number of thiazole rings is 1. The molecule has 0 spiro atoms. The Kier molecular flexibility index (Phi) is 6.05. The summed E-state index contributed by atoms with van der Waals surface area (Å²) in [5.41, 5.74) is 1.06. The van der Waals surface area contributed by atoms with Crippen LogP contribution in [-0.2, 0) is 10.0 Å². The number of methoxy groups -OCH3 is 1. The molecular weight excluding hydrogens is 431 g/mol. The second-order valence-corrected chi connectivity index (χ2v) is 8.52. The van der Waals surface area contributed by atoms with Gasteiger partial charge in [-0.1, -0.05) is 5.92 Å². The lowest BCUT2D eigenvalue weighted by Crippen LogP contribution is -2.14. The van der Waals surface area contributed by atoms with Crippen molar-refractivity contribution >= 4 is 33.0 Å². The zero-order chi connectivity index (χ0) is 21.9. The predicted molar refractivity (Wildman–Crippen MR) is 110 cm³/mol. The molecule has 1 aromatic heterocycles. The van der Waals surface area contributed by atoms with Crippen LogP contribution in [0.3, 0.4) is 0 Å². The van der Waals surface area contributed by atoms with E-state index in [4.69, 9.17) is 9.84 Å². The lowest BCUT2D eigenvalue weighted by atomic mass is 10.1. The van der Waals surface area contributed by atoms with Crippen LogP contribution in [0.4, 0.5) is 10.1 Å². The van der Waals surface area contributed by atoms with Crippen LogP contribution in [0.2, 0.25) is 0 Å². The molecular formula is C20H15FN2O5S2. The fraction of sp³-hybridized carbons (Fsp3) is 0.100. The van der Waals surface area contributed by atoms with E-state index in [1.165, 1.54) is 42.8 Å². The molecule has 0 radical (unpaired) electrons. The highest BCUT2D eigenvalue weighted by Crippen LogP contribution is 2.28. The van der Waals surface area contributed by atoms with Crippen molar-refractivity contribution in [1.82, 2.24) is 4.98 Å². The molecule has 0 aliphatic carbocycles. The first kappa shape index (κ1) is 21.3. The number of hydrogen-bond donors (Lipinski definition) is 2. The molecule has 0 unspecified atom stereocenters. The maximum atomic E-state index is 13.3. The number of nitrogens with one attached hydrogen (secondary N) is 1. The van der Waals surface area contributed by atoms with Gasteiger partial charge >= 0.3 is 5.97 Å². The van der Waals surface area contributed by atoms with Crippen LogP contribution in [0.1, 0.15) is 26.5 Å². The van der Waals surface area contributed by atoms with E-state index in [-0.39, 0.29) is 32.9 Å². The van der Waals surface area contributed by atoms with Crippen molar-refractivity contribution < 1.29 is 27.4 Å². The van der Waals surface area contributed by atoms with Crippen LogP contribution in [0, 0.1) is 24.6 Å². The zero-order valence-corrected chi connectivity index (χ0v) is 17.4. The Labute approximate surface area is 176 Å². The van der Waals surface area contributed by atoms with Gasteiger partial charge in [0.05, 0.1) is 18.4 Å². The fourth-order valence-corrected chi connectivity index (χ4v) is 4.40. The molecule has 0 fully saturated rings. The van der Waals surface area contributed by atoms with Gasteiger partial charge in [-0.3, -0.25) is 4.72 Å². The summed E-state index contributed by atoms with van der Waals surface area (Å²) in [5.74, 6) is 4.14. The molecule has 0 bridgehead atoms. The molecule has 30 heavy (non-hydrogen) atoms. The summed E-state index contributed by atoms with van der Waals surface area (Å²) in [7, 11) is -2.75. The topological polar surface area (TPSA) is 106 Å². The lowest BCUT2D eigenvalue weighted by molar-refractivity contribution is 0.0696. The van der Waals surface area contributed by atoms with Crippen LogP contribution < -0.4 is 9.46 Å². The number of hydrogen-bond acceptors (Lipinski definition) is 6. The summed E-state index contributed by atoms with van der Waals surface area (Å²) in [6, 6.07) is 8.18. The third kappa shape index (κ3) is 4.76. The van der Waals surface area contributed by atoms with Crippen molar-refractivity contribution in [3.8, 4) is 17.6 Å². The molecule has 10 heteroatoms. The van der Waals surface area contributed by atoms with Gasteiger partial charge in [-0.15, -0.1) is 11.3 Å². The molecule has 0 saturated carbocycles. The van der Waals surface area contributed by atoms with Crippen LogP contribution in [-0.4, -0.2) is 31.6 Å². The maximum Gasteiger partial charge on any atom is 0.335 e. The third-order valence-corrected chi connectivity index (χ3v) is 6.08. The highest BCUT2D eigenvalue weighted by atomic mass is 32.2. The molecule has 7 nitrogen and oxygen atoms in total. The van der Waals surface area contributed by atoms with Crippen molar-refractivity contribution in [3.63, 3.8) is 0 Å². The number of sulfonamides is 1. The minimum Gasteiger partial charge on any atom is -0.495 e. The number of carbonyl (C=O) groups is 1. The number of ether oxygens (including phenoxy) is 1. The van der Waals surface area contributed by atoms with E-state index >= 15 is 0 Å². The third-order valence-electron chi connectivity index (χ3n) is 3.92. The molecule has 0 aliphatic heterocycles. The molecule has 0 saturated heterocycles. The Morgan fingerprint density at radius 3 is 2.67 bits per heavy atom. The van der Waals surface area contributed by atoms with E-state index in [9.17, 15) is 17.6 Å². The highest BCUT2D eigenvalue weighted by Gasteiger charge is 2.20. The molecule has 0 aliphatic rings. The van der Waals surface area contributed by atoms with Crippen molar-refractivity contribution in [1.29, 1.82) is 0 Å². The number of aromatic carboxylic acids is 1.